The summed E-state index contributed by atoms with van der Waals surface area (Å²) in [6.07, 6.45) is -2.40. The Hall–Kier alpha value is -2.32. The van der Waals surface area contributed by atoms with Gasteiger partial charge in [-0.1, -0.05) is 11.6 Å². The quantitative estimate of drug-likeness (QED) is 0.689. The average Bonchev–Trinajstić information content (AvgIpc) is 2.60. The maximum atomic E-state index is 12.8. The average molecular weight is 388 g/mol. The lowest BCUT2D eigenvalue weighted by molar-refractivity contribution is -0.137. The highest BCUT2D eigenvalue weighted by Crippen LogP contribution is 2.33. The van der Waals surface area contributed by atoms with Crippen molar-refractivity contribution in [1.82, 2.24) is 4.98 Å². The molecule has 1 heterocycles. The molecule has 26 heavy (non-hydrogen) atoms. The summed E-state index contributed by atoms with van der Waals surface area (Å²) in [5, 5.41) is 5.44. The molecule has 0 aliphatic carbocycles. The first-order chi connectivity index (χ1) is 12.3. The van der Waals surface area contributed by atoms with Crippen molar-refractivity contribution < 1.29 is 22.7 Å². The van der Waals surface area contributed by atoms with Crippen LogP contribution in [0.4, 0.5) is 24.7 Å². The van der Waals surface area contributed by atoms with Crippen molar-refractivity contribution >= 4 is 29.0 Å². The summed E-state index contributed by atoms with van der Waals surface area (Å²) >= 11 is 5.87. The number of nitrogens with zero attached hydrogens (tertiary/aromatic N) is 1. The van der Waals surface area contributed by atoms with Gasteiger partial charge in [0.2, 0.25) is 0 Å². The minimum atomic E-state index is -4.53. The van der Waals surface area contributed by atoms with Gasteiger partial charge in [-0.25, -0.2) is 4.98 Å². The Morgan fingerprint density at radius 1 is 1.27 bits per heavy atom. The van der Waals surface area contributed by atoms with Crippen LogP contribution in [0, 0.1) is 0 Å². The third-order valence-electron chi connectivity index (χ3n) is 3.40. The second-order valence-corrected chi connectivity index (χ2v) is 5.76. The molecule has 0 unspecified atom stereocenters. The van der Waals surface area contributed by atoms with Crippen molar-refractivity contribution in [3.63, 3.8) is 0 Å². The second kappa shape index (κ2) is 8.86. The standard InChI is InChI=1S/C17H17ClF3N3O2/c1-26-8-2-7-22-15-6-3-11(10-23-15)16(25)24-14-9-12(17(19,20)21)4-5-13(14)18/h3-6,9-10H,2,7-8H2,1H3,(H,22,23)(H,24,25). The number of hydrogen-bond donors (Lipinski definition) is 2. The van der Waals surface area contributed by atoms with Crippen LogP contribution in [-0.4, -0.2) is 31.2 Å². The number of aromatic nitrogens is 1. The van der Waals surface area contributed by atoms with Gasteiger partial charge in [-0.15, -0.1) is 0 Å². The number of amides is 1. The number of halogens is 4. The van der Waals surface area contributed by atoms with E-state index in [0.29, 0.717) is 19.0 Å². The van der Waals surface area contributed by atoms with E-state index in [1.165, 1.54) is 12.3 Å². The molecule has 2 rings (SSSR count). The highest BCUT2D eigenvalue weighted by molar-refractivity contribution is 6.34. The number of pyridine rings is 1. The topological polar surface area (TPSA) is 63.2 Å². The van der Waals surface area contributed by atoms with Crippen LogP contribution >= 0.6 is 11.6 Å². The minimum absolute atomic E-state index is 0.00994. The molecule has 1 aromatic heterocycles. The van der Waals surface area contributed by atoms with Gasteiger partial charge in [0, 0.05) is 26.5 Å². The predicted octanol–water partition coefficient (Wildman–Crippen LogP) is 4.45. The van der Waals surface area contributed by atoms with Crippen LogP contribution in [0.2, 0.25) is 5.02 Å². The third kappa shape index (κ3) is 5.60. The van der Waals surface area contributed by atoms with E-state index in [4.69, 9.17) is 16.3 Å². The van der Waals surface area contributed by atoms with Crippen LogP contribution in [0.3, 0.4) is 0 Å². The first-order valence-corrected chi connectivity index (χ1v) is 8.06. The van der Waals surface area contributed by atoms with Gasteiger partial charge in [0.05, 0.1) is 21.8 Å². The number of ether oxygens (including phenoxy) is 1. The summed E-state index contributed by atoms with van der Waals surface area (Å²) in [5.74, 6) is -0.0283. The third-order valence-corrected chi connectivity index (χ3v) is 3.73. The van der Waals surface area contributed by atoms with Gasteiger partial charge in [0.25, 0.3) is 5.91 Å². The molecule has 2 aromatic rings. The van der Waals surface area contributed by atoms with Gasteiger partial charge in [-0.3, -0.25) is 4.79 Å². The Kier molecular flexibility index (Phi) is 6.82. The van der Waals surface area contributed by atoms with Crippen molar-refractivity contribution in [3.8, 4) is 0 Å². The second-order valence-electron chi connectivity index (χ2n) is 5.35. The number of rotatable bonds is 7. The smallest absolute Gasteiger partial charge is 0.385 e. The number of nitrogens with one attached hydrogen (secondary N) is 2. The first-order valence-electron chi connectivity index (χ1n) is 7.68. The molecule has 0 spiro atoms. The van der Waals surface area contributed by atoms with Gasteiger partial charge in [-0.2, -0.15) is 13.2 Å². The van der Waals surface area contributed by atoms with E-state index < -0.39 is 17.6 Å². The van der Waals surface area contributed by atoms with Gasteiger partial charge >= 0.3 is 6.18 Å². The molecule has 0 aliphatic rings. The molecule has 140 valence electrons. The van der Waals surface area contributed by atoms with E-state index in [0.717, 1.165) is 24.6 Å². The van der Waals surface area contributed by atoms with Crippen LogP contribution < -0.4 is 10.6 Å². The molecule has 0 saturated heterocycles. The van der Waals surface area contributed by atoms with E-state index in [2.05, 4.69) is 15.6 Å². The van der Waals surface area contributed by atoms with E-state index in [1.807, 2.05) is 0 Å². The number of hydrogen-bond acceptors (Lipinski definition) is 4. The summed E-state index contributed by atoms with van der Waals surface area (Å²) in [4.78, 5) is 16.3. The largest absolute Gasteiger partial charge is 0.416 e. The molecule has 0 bridgehead atoms. The van der Waals surface area contributed by atoms with Crippen LogP contribution in [0.15, 0.2) is 36.5 Å². The summed E-state index contributed by atoms with van der Waals surface area (Å²) in [5.41, 5.74) is -0.819. The molecule has 1 amide bonds. The fourth-order valence-electron chi connectivity index (χ4n) is 2.06. The molecule has 0 saturated carbocycles. The lowest BCUT2D eigenvalue weighted by Crippen LogP contribution is -2.14. The zero-order valence-corrected chi connectivity index (χ0v) is 14.6. The molecule has 0 radical (unpaired) electrons. The van der Waals surface area contributed by atoms with Crippen LogP contribution in [0.5, 0.6) is 0 Å². The maximum Gasteiger partial charge on any atom is 0.416 e. The van der Waals surface area contributed by atoms with Crippen LogP contribution in [0.1, 0.15) is 22.3 Å². The Labute approximate surface area is 153 Å². The zero-order valence-electron chi connectivity index (χ0n) is 13.9. The van der Waals surface area contributed by atoms with Gasteiger partial charge in [0.1, 0.15) is 5.82 Å². The fourth-order valence-corrected chi connectivity index (χ4v) is 2.22. The van der Waals surface area contributed by atoms with Crippen LogP contribution in [-0.2, 0) is 10.9 Å². The molecule has 0 fully saturated rings. The number of alkyl halides is 3. The monoisotopic (exact) mass is 387 g/mol. The Morgan fingerprint density at radius 2 is 2.04 bits per heavy atom. The summed E-state index contributed by atoms with van der Waals surface area (Å²) in [7, 11) is 1.61. The SMILES string of the molecule is COCCCNc1ccc(C(=O)Nc2cc(C(F)(F)F)ccc2Cl)cn1. The van der Waals surface area contributed by atoms with E-state index in [-0.39, 0.29) is 16.3 Å². The van der Waals surface area contributed by atoms with E-state index >= 15 is 0 Å². The van der Waals surface area contributed by atoms with Gasteiger partial charge in [0.15, 0.2) is 0 Å². The summed E-state index contributed by atoms with van der Waals surface area (Å²) in [6.45, 7) is 1.28. The molecule has 2 N–H and O–H groups in total. The summed E-state index contributed by atoms with van der Waals surface area (Å²) < 4.78 is 43.3. The predicted molar refractivity (Wildman–Crippen MR) is 93.6 cm³/mol. The maximum absolute atomic E-state index is 12.8. The van der Waals surface area contributed by atoms with Gasteiger partial charge < -0.3 is 15.4 Å². The van der Waals surface area contributed by atoms with Crippen molar-refractivity contribution in [2.24, 2.45) is 0 Å². The van der Waals surface area contributed by atoms with E-state index in [9.17, 15) is 18.0 Å². The zero-order chi connectivity index (χ0) is 19.2. The first kappa shape index (κ1) is 20.0. The number of carbonyl (C=O) groups excluding carboxylic acids is 1. The van der Waals surface area contributed by atoms with Gasteiger partial charge in [-0.05, 0) is 36.8 Å². The molecule has 9 heteroatoms. The Balaban J connectivity index is 2.03. The number of methoxy groups -OCH3 is 1. The number of carbonyl (C=O) groups is 1. The minimum Gasteiger partial charge on any atom is -0.385 e. The molecule has 1 aromatic carbocycles. The van der Waals surface area contributed by atoms with Crippen molar-refractivity contribution in [2.75, 3.05) is 30.9 Å². The lowest BCUT2D eigenvalue weighted by Gasteiger charge is -2.12. The van der Waals surface area contributed by atoms with E-state index in [1.54, 1.807) is 13.2 Å². The lowest BCUT2D eigenvalue weighted by atomic mass is 10.2. The molecular formula is C17H17ClF3N3O2. The molecule has 0 aliphatic heterocycles. The Bertz CT molecular complexity index is 752. The molecule has 5 nitrogen and oxygen atoms in total. The normalized spacial score (nSPS) is 11.3. The van der Waals surface area contributed by atoms with Crippen LogP contribution in [0.25, 0.3) is 0 Å². The Morgan fingerprint density at radius 3 is 2.65 bits per heavy atom. The fraction of sp³-hybridized carbons (Fsp3) is 0.294. The van der Waals surface area contributed by atoms with Crippen molar-refractivity contribution in [1.29, 1.82) is 0 Å². The highest BCUT2D eigenvalue weighted by Gasteiger charge is 2.31. The molecule has 0 atom stereocenters. The van der Waals surface area contributed by atoms with Crippen molar-refractivity contribution in [3.05, 3.63) is 52.7 Å². The summed E-state index contributed by atoms with van der Waals surface area (Å²) in [6, 6.07) is 5.85. The molecular weight excluding hydrogens is 371 g/mol. The van der Waals surface area contributed by atoms with Crippen molar-refractivity contribution in [2.45, 2.75) is 12.6 Å². The highest BCUT2D eigenvalue weighted by atomic mass is 35.5. The number of benzene rings is 1. The number of anilines is 2.